The quantitative estimate of drug-likeness (QED) is 0.702. The maximum absolute atomic E-state index is 12.1. The number of benzene rings is 1. The number of hydrogen-bond acceptors (Lipinski definition) is 4. The zero-order chi connectivity index (χ0) is 18.2. The monoisotopic (exact) mass is 336 g/mol. The summed E-state index contributed by atoms with van der Waals surface area (Å²) in [6, 6.07) is 7.55. The Balaban J connectivity index is 2.42. The number of amides is 1. The van der Waals surface area contributed by atoms with Crippen molar-refractivity contribution in [3.8, 4) is 5.75 Å². The van der Waals surface area contributed by atoms with E-state index in [2.05, 4.69) is 12.2 Å². The third-order valence-corrected chi connectivity index (χ3v) is 3.73. The Morgan fingerprint density at radius 3 is 2.38 bits per heavy atom. The van der Waals surface area contributed by atoms with E-state index in [1.807, 2.05) is 39.8 Å². The molecule has 0 aromatic heterocycles. The predicted molar refractivity (Wildman–Crippen MR) is 97.2 cm³/mol. The largest absolute Gasteiger partial charge is 0.508 e. The molecule has 0 radical (unpaired) electrons. The molecule has 0 aliphatic rings. The van der Waals surface area contributed by atoms with Gasteiger partial charge in [-0.2, -0.15) is 0 Å². The van der Waals surface area contributed by atoms with Gasteiger partial charge in [0.2, 0.25) is 0 Å². The first-order chi connectivity index (χ1) is 11.3. The first-order valence-electron chi connectivity index (χ1n) is 8.77. The van der Waals surface area contributed by atoms with Crippen molar-refractivity contribution >= 4 is 6.09 Å². The van der Waals surface area contributed by atoms with Crippen molar-refractivity contribution in [1.82, 2.24) is 10.2 Å². The highest BCUT2D eigenvalue weighted by Gasteiger charge is 2.20. The summed E-state index contributed by atoms with van der Waals surface area (Å²) in [6.07, 6.45) is 1.58. The van der Waals surface area contributed by atoms with Crippen molar-refractivity contribution in [3.63, 3.8) is 0 Å². The molecule has 1 aromatic rings. The second-order valence-electron chi connectivity index (χ2n) is 6.92. The van der Waals surface area contributed by atoms with Crippen molar-refractivity contribution in [2.24, 2.45) is 0 Å². The Kier molecular flexibility index (Phi) is 8.05. The van der Waals surface area contributed by atoms with Gasteiger partial charge in [0.25, 0.3) is 0 Å². The first kappa shape index (κ1) is 20.3. The summed E-state index contributed by atoms with van der Waals surface area (Å²) in [4.78, 5) is 13.8. The average molecular weight is 336 g/mol. The van der Waals surface area contributed by atoms with Gasteiger partial charge >= 0.3 is 6.09 Å². The molecule has 0 fully saturated rings. The van der Waals surface area contributed by atoms with Gasteiger partial charge < -0.3 is 20.1 Å². The molecule has 136 valence electrons. The molecule has 1 aromatic carbocycles. The zero-order valence-electron chi connectivity index (χ0n) is 15.6. The number of hydrogen-bond donors (Lipinski definition) is 2. The van der Waals surface area contributed by atoms with Crippen molar-refractivity contribution < 1.29 is 14.6 Å². The summed E-state index contributed by atoms with van der Waals surface area (Å²) in [6.45, 7) is 11.9. The van der Waals surface area contributed by atoms with E-state index in [9.17, 15) is 9.90 Å². The van der Waals surface area contributed by atoms with Gasteiger partial charge in [0.1, 0.15) is 11.4 Å². The van der Waals surface area contributed by atoms with E-state index < -0.39 is 5.60 Å². The van der Waals surface area contributed by atoms with Crippen molar-refractivity contribution in [2.45, 2.75) is 59.1 Å². The van der Waals surface area contributed by atoms with E-state index >= 15 is 0 Å². The standard InChI is InChI=1S/C19H32N2O3/c1-6-17(15-9-11-16(22)12-10-15)20-13-8-14-21(7-2)18(23)24-19(3,4)5/h9-12,17,20,22H,6-8,13-14H2,1-5H3. The Labute approximate surface area is 146 Å². The van der Waals surface area contributed by atoms with E-state index in [1.54, 1.807) is 17.0 Å². The van der Waals surface area contributed by atoms with E-state index in [4.69, 9.17) is 4.74 Å². The van der Waals surface area contributed by atoms with E-state index in [-0.39, 0.29) is 17.9 Å². The Bertz CT molecular complexity index is 494. The molecule has 0 spiro atoms. The van der Waals surface area contributed by atoms with Crippen LogP contribution in [-0.2, 0) is 4.74 Å². The molecule has 0 heterocycles. The molecule has 0 saturated carbocycles. The van der Waals surface area contributed by atoms with Gasteiger partial charge in [-0.3, -0.25) is 0 Å². The van der Waals surface area contributed by atoms with E-state index in [0.717, 1.165) is 24.9 Å². The average Bonchev–Trinajstić information content (AvgIpc) is 2.50. The Morgan fingerprint density at radius 2 is 1.88 bits per heavy atom. The summed E-state index contributed by atoms with van der Waals surface area (Å²) in [5.74, 6) is 0.282. The van der Waals surface area contributed by atoms with Crippen LogP contribution < -0.4 is 5.32 Å². The van der Waals surface area contributed by atoms with Gasteiger partial charge in [-0.1, -0.05) is 19.1 Å². The number of ether oxygens (including phenoxy) is 1. The molecule has 5 heteroatoms. The van der Waals surface area contributed by atoms with Crippen molar-refractivity contribution in [3.05, 3.63) is 29.8 Å². The third-order valence-electron chi connectivity index (χ3n) is 3.73. The van der Waals surface area contributed by atoms with E-state index in [1.165, 1.54) is 0 Å². The van der Waals surface area contributed by atoms with E-state index in [0.29, 0.717) is 13.1 Å². The molecule has 0 aliphatic heterocycles. The molecule has 5 nitrogen and oxygen atoms in total. The van der Waals surface area contributed by atoms with Crippen LogP contribution in [0.3, 0.4) is 0 Å². The molecule has 0 aliphatic carbocycles. The normalized spacial score (nSPS) is 12.7. The van der Waals surface area contributed by atoms with Gasteiger partial charge in [0, 0.05) is 19.1 Å². The summed E-state index contributed by atoms with van der Waals surface area (Å²) >= 11 is 0. The predicted octanol–water partition coefficient (Wildman–Crippen LogP) is 4.08. The summed E-state index contributed by atoms with van der Waals surface area (Å²) < 4.78 is 5.41. The third kappa shape index (κ3) is 7.21. The fraction of sp³-hybridized carbons (Fsp3) is 0.632. The summed E-state index contributed by atoms with van der Waals surface area (Å²) in [5, 5.41) is 12.9. The molecule has 1 atom stereocenters. The molecular weight excluding hydrogens is 304 g/mol. The Morgan fingerprint density at radius 1 is 1.25 bits per heavy atom. The number of carbonyl (C=O) groups excluding carboxylic acids is 1. The fourth-order valence-corrected chi connectivity index (χ4v) is 2.46. The van der Waals surface area contributed by atoms with Crippen molar-refractivity contribution in [1.29, 1.82) is 0 Å². The lowest BCUT2D eigenvalue weighted by atomic mass is 10.0. The maximum atomic E-state index is 12.1. The van der Waals surface area contributed by atoms with Crippen LogP contribution in [0.4, 0.5) is 4.79 Å². The Hall–Kier alpha value is -1.75. The second-order valence-corrected chi connectivity index (χ2v) is 6.92. The number of rotatable bonds is 8. The molecule has 0 saturated heterocycles. The number of phenolic OH excluding ortho intramolecular Hbond substituents is 1. The molecule has 2 N–H and O–H groups in total. The zero-order valence-corrected chi connectivity index (χ0v) is 15.6. The lowest BCUT2D eigenvalue weighted by Gasteiger charge is -2.27. The van der Waals surface area contributed by atoms with Gasteiger partial charge in [-0.25, -0.2) is 4.79 Å². The smallest absolute Gasteiger partial charge is 0.410 e. The number of nitrogens with zero attached hydrogens (tertiary/aromatic N) is 1. The molecule has 24 heavy (non-hydrogen) atoms. The lowest BCUT2D eigenvalue weighted by Crippen LogP contribution is -2.38. The fourth-order valence-electron chi connectivity index (χ4n) is 2.46. The minimum absolute atomic E-state index is 0.252. The van der Waals surface area contributed by atoms with Crippen LogP contribution in [0, 0.1) is 0 Å². The topological polar surface area (TPSA) is 61.8 Å². The highest BCUT2D eigenvalue weighted by atomic mass is 16.6. The first-order valence-corrected chi connectivity index (χ1v) is 8.77. The van der Waals surface area contributed by atoms with Gasteiger partial charge in [-0.15, -0.1) is 0 Å². The molecule has 1 unspecified atom stereocenters. The van der Waals surface area contributed by atoms with Gasteiger partial charge in [0.15, 0.2) is 0 Å². The van der Waals surface area contributed by atoms with Gasteiger partial charge in [-0.05, 0) is 64.8 Å². The molecule has 0 bridgehead atoms. The highest BCUT2D eigenvalue weighted by molar-refractivity contribution is 5.68. The SMILES string of the molecule is CCC(NCCCN(CC)C(=O)OC(C)(C)C)c1ccc(O)cc1. The van der Waals surface area contributed by atoms with Crippen LogP contribution in [0.25, 0.3) is 0 Å². The van der Waals surface area contributed by atoms with Gasteiger partial charge in [0.05, 0.1) is 0 Å². The number of nitrogens with one attached hydrogen (secondary N) is 1. The number of aromatic hydroxyl groups is 1. The second kappa shape index (κ2) is 9.52. The van der Waals surface area contributed by atoms with Crippen LogP contribution in [0.5, 0.6) is 5.75 Å². The summed E-state index contributed by atoms with van der Waals surface area (Å²) in [5.41, 5.74) is 0.698. The van der Waals surface area contributed by atoms with Crippen LogP contribution in [0.2, 0.25) is 0 Å². The van der Waals surface area contributed by atoms with Crippen LogP contribution >= 0.6 is 0 Å². The molecule has 1 amide bonds. The number of phenols is 1. The maximum Gasteiger partial charge on any atom is 0.410 e. The van der Waals surface area contributed by atoms with Crippen LogP contribution in [-0.4, -0.2) is 41.3 Å². The lowest BCUT2D eigenvalue weighted by molar-refractivity contribution is 0.0258. The summed E-state index contributed by atoms with van der Waals surface area (Å²) in [7, 11) is 0. The van der Waals surface area contributed by atoms with Crippen molar-refractivity contribution in [2.75, 3.05) is 19.6 Å². The minimum atomic E-state index is -0.463. The molecule has 1 rings (SSSR count). The molecular formula is C19H32N2O3. The number of carbonyl (C=O) groups is 1. The minimum Gasteiger partial charge on any atom is -0.508 e. The van der Waals surface area contributed by atoms with Crippen LogP contribution in [0.15, 0.2) is 24.3 Å². The van der Waals surface area contributed by atoms with Crippen LogP contribution in [0.1, 0.15) is 59.1 Å². The highest BCUT2D eigenvalue weighted by Crippen LogP contribution is 2.19.